The Morgan fingerprint density at radius 1 is 0.442 bits per heavy atom. The Morgan fingerprint density at radius 3 is 1.77 bits per heavy atom. The second-order valence-corrected chi connectivity index (χ2v) is 17.2. The molecule has 6 aromatic carbocycles. The number of nitrogens with zero attached hydrogens (tertiary/aromatic N) is 1. The fourth-order valence-corrected chi connectivity index (χ4v) is 13.4. The zero-order valence-electron chi connectivity index (χ0n) is 29.9. The van der Waals surface area contributed by atoms with E-state index in [1.54, 1.807) is 22.3 Å². The molecule has 0 N–H and O–H groups in total. The van der Waals surface area contributed by atoms with E-state index in [4.69, 9.17) is 0 Å². The molecule has 2 spiro atoms. The second-order valence-electron chi connectivity index (χ2n) is 17.2. The summed E-state index contributed by atoms with van der Waals surface area (Å²) in [5.41, 5.74) is 18.9. The van der Waals surface area contributed by atoms with Crippen molar-refractivity contribution in [1.29, 1.82) is 0 Å². The minimum atomic E-state index is 0.0701. The van der Waals surface area contributed by atoms with Gasteiger partial charge >= 0.3 is 0 Å². The molecule has 0 aromatic heterocycles. The molecule has 0 radical (unpaired) electrons. The molecule has 254 valence electrons. The van der Waals surface area contributed by atoms with E-state index in [-0.39, 0.29) is 10.8 Å². The van der Waals surface area contributed by atoms with Crippen molar-refractivity contribution in [2.45, 2.75) is 68.6 Å². The number of fused-ring (bicyclic) bond motifs is 8. The van der Waals surface area contributed by atoms with Crippen LogP contribution in [-0.4, -0.2) is 0 Å². The van der Waals surface area contributed by atoms with Gasteiger partial charge in [-0.1, -0.05) is 128 Å². The monoisotopic (exact) mass is 671 g/mol. The quantitative estimate of drug-likeness (QED) is 0.180. The van der Waals surface area contributed by atoms with Crippen LogP contribution in [0.25, 0.3) is 33.4 Å². The lowest BCUT2D eigenvalue weighted by Crippen LogP contribution is -2.55. The molecular formula is C51H45N. The van der Waals surface area contributed by atoms with E-state index in [1.165, 1.54) is 108 Å². The third-order valence-corrected chi connectivity index (χ3v) is 15.0. The maximum atomic E-state index is 2.72. The first-order chi connectivity index (χ1) is 25.7. The molecule has 1 heteroatoms. The van der Waals surface area contributed by atoms with Gasteiger partial charge in [-0.05, 0) is 143 Å². The van der Waals surface area contributed by atoms with Crippen LogP contribution in [0, 0.1) is 23.7 Å². The molecule has 5 fully saturated rings. The topological polar surface area (TPSA) is 3.24 Å². The van der Waals surface area contributed by atoms with Crippen LogP contribution in [0.1, 0.15) is 80.0 Å². The molecule has 52 heavy (non-hydrogen) atoms. The van der Waals surface area contributed by atoms with Crippen molar-refractivity contribution in [3.8, 4) is 33.4 Å². The van der Waals surface area contributed by atoms with E-state index in [0.29, 0.717) is 11.8 Å². The van der Waals surface area contributed by atoms with Gasteiger partial charge in [0.05, 0.1) is 11.4 Å². The first-order valence-electron chi connectivity index (χ1n) is 20.2. The Balaban J connectivity index is 1.14. The number of anilines is 3. The fourth-order valence-electron chi connectivity index (χ4n) is 13.4. The third kappa shape index (κ3) is 3.80. The van der Waals surface area contributed by atoms with Crippen molar-refractivity contribution >= 4 is 17.1 Å². The SMILES string of the molecule is c1ccc(-c2ccc(N(c3cccc4c3-c3ccccc3C43CCCC3)c3cccc4c3C3(c5ccccc5-4)C4CC5CC(C4)CC3C5)cc2)cc1. The van der Waals surface area contributed by atoms with Gasteiger partial charge < -0.3 is 4.90 Å². The normalized spacial score (nSPS) is 26.4. The highest BCUT2D eigenvalue weighted by Gasteiger charge is 2.62. The van der Waals surface area contributed by atoms with Crippen LogP contribution in [0.2, 0.25) is 0 Å². The molecule has 0 atom stereocenters. The van der Waals surface area contributed by atoms with Gasteiger partial charge in [-0.25, -0.2) is 0 Å². The molecule has 7 aliphatic carbocycles. The Labute approximate surface area is 308 Å². The van der Waals surface area contributed by atoms with Crippen LogP contribution >= 0.6 is 0 Å². The standard InChI is InChI=1S/C51H45N/c1-2-12-35(13-3-1)36-22-24-39(25-23-36)52(46-20-11-19-45-48(46)42-15-5-6-17-43(42)50(45)26-8-9-27-50)47-21-10-16-41-40-14-4-7-18-44(40)51(49(41)47)37-29-33-28-34(31-37)32-38(51)30-33/h1-7,10-25,33-34,37-38H,8-9,26-32H2. The summed E-state index contributed by atoms with van der Waals surface area (Å²) in [7, 11) is 0. The lowest BCUT2D eigenvalue weighted by Gasteiger charge is -2.61. The van der Waals surface area contributed by atoms with Crippen molar-refractivity contribution < 1.29 is 0 Å². The van der Waals surface area contributed by atoms with Crippen LogP contribution in [0.15, 0.2) is 140 Å². The van der Waals surface area contributed by atoms with Crippen molar-refractivity contribution in [3.63, 3.8) is 0 Å². The summed E-state index contributed by atoms with van der Waals surface area (Å²) in [6.07, 6.45) is 12.1. The number of benzene rings is 6. The van der Waals surface area contributed by atoms with Gasteiger partial charge in [-0.2, -0.15) is 0 Å². The summed E-state index contributed by atoms with van der Waals surface area (Å²) >= 11 is 0. The lowest BCUT2D eigenvalue weighted by molar-refractivity contribution is -0.0397. The molecule has 13 rings (SSSR count). The number of hydrogen-bond donors (Lipinski definition) is 0. The molecule has 7 aliphatic rings. The van der Waals surface area contributed by atoms with Gasteiger partial charge in [0.25, 0.3) is 0 Å². The molecule has 0 unspecified atom stereocenters. The van der Waals surface area contributed by atoms with Gasteiger partial charge in [-0.15, -0.1) is 0 Å². The molecule has 1 nitrogen and oxygen atoms in total. The summed E-state index contributed by atoms with van der Waals surface area (Å²) in [5, 5.41) is 0. The Kier molecular flexibility index (Phi) is 6.18. The maximum absolute atomic E-state index is 2.72. The van der Waals surface area contributed by atoms with Gasteiger partial charge in [0.2, 0.25) is 0 Å². The smallest absolute Gasteiger partial charge is 0.0543 e. The van der Waals surface area contributed by atoms with Gasteiger partial charge in [0.1, 0.15) is 0 Å². The predicted molar refractivity (Wildman–Crippen MR) is 215 cm³/mol. The lowest BCUT2D eigenvalue weighted by atomic mass is 9.43. The minimum absolute atomic E-state index is 0.0701. The molecule has 0 aliphatic heterocycles. The highest BCUT2D eigenvalue weighted by atomic mass is 15.2. The van der Waals surface area contributed by atoms with E-state index in [0.717, 1.165) is 11.8 Å². The average molecular weight is 672 g/mol. The number of hydrogen-bond acceptors (Lipinski definition) is 1. The van der Waals surface area contributed by atoms with Crippen molar-refractivity contribution in [3.05, 3.63) is 162 Å². The molecule has 6 aromatic rings. The minimum Gasteiger partial charge on any atom is -0.310 e. The highest BCUT2D eigenvalue weighted by molar-refractivity contribution is 5.98. The predicted octanol–water partition coefficient (Wildman–Crippen LogP) is 13.4. The molecule has 0 heterocycles. The average Bonchev–Trinajstić information content (AvgIpc) is 3.88. The van der Waals surface area contributed by atoms with Crippen LogP contribution in [0.4, 0.5) is 17.1 Å². The Morgan fingerprint density at radius 2 is 1.02 bits per heavy atom. The molecular weight excluding hydrogens is 627 g/mol. The van der Waals surface area contributed by atoms with Crippen LogP contribution < -0.4 is 4.90 Å². The van der Waals surface area contributed by atoms with Crippen molar-refractivity contribution in [2.75, 3.05) is 4.90 Å². The van der Waals surface area contributed by atoms with E-state index in [9.17, 15) is 0 Å². The molecule has 5 saturated carbocycles. The van der Waals surface area contributed by atoms with Crippen molar-refractivity contribution in [1.82, 2.24) is 0 Å². The molecule has 0 amide bonds. The summed E-state index contributed by atoms with van der Waals surface area (Å²) < 4.78 is 0. The number of rotatable bonds is 4. The van der Waals surface area contributed by atoms with Crippen LogP contribution in [-0.2, 0) is 10.8 Å². The van der Waals surface area contributed by atoms with Gasteiger partial charge in [0.15, 0.2) is 0 Å². The first-order valence-corrected chi connectivity index (χ1v) is 20.2. The second kappa shape index (κ2) is 10.8. The Hall–Kier alpha value is -4.88. The first kappa shape index (κ1) is 29.7. The van der Waals surface area contributed by atoms with Gasteiger partial charge in [0, 0.05) is 22.1 Å². The summed E-state index contributed by atoms with van der Waals surface area (Å²) in [6.45, 7) is 0. The third-order valence-electron chi connectivity index (χ3n) is 15.0. The summed E-state index contributed by atoms with van der Waals surface area (Å²) in [6, 6.07) is 54.0. The summed E-state index contributed by atoms with van der Waals surface area (Å²) in [4.78, 5) is 2.72. The zero-order chi connectivity index (χ0) is 34.0. The molecule has 0 saturated heterocycles. The fraction of sp³-hybridized carbons (Fsp3) is 0.294. The van der Waals surface area contributed by atoms with E-state index in [1.807, 2.05) is 0 Å². The van der Waals surface area contributed by atoms with Gasteiger partial charge in [-0.3, -0.25) is 0 Å². The van der Waals surface area contributed by atoms with Crippen LogP contribution in [0.5, 0.6) is 0 Å². The summed E-state index contributed by atoms with van der Waals surface area (Å²) in [5.74, 6) is 3.24. The highest BCUT2D eigenvalue weighted by Crippen LogP contribution is 2.71. The Bertz CT molecular complexity index is 2350. The van der Waals surface area contributed by atoms with E-state index < -0.39 is 0 Å². The van der Waals surface area contributed by atoms with Crippen LogP contribution in [0.3, 0.4) is 0 Å². The largest absolute Gasteiger partial charge is 0.310 e. The maximum Gasteiger partial charge on any atom is 0.0543 e. The van der Waals surface area contributed by atoms with E-state index >= 15 is 0 Å². The van der Waals surface area contributed by atoms with E-state index in [2.05, 4.69) is 144 Å². The molecule has 4 bridgehead atoms. The zero-order valence-corrected chi connectivity index (χ0v) is 29.9. The van der Waals surface area contributed by atoms with Crippen molar-refractivity contribution in [2.24, 2.45) is 23.7 Å².